The Hall–Kier alpha value is -3.26. The van der Waals surface area contributed by atoms with Crippen molar-refractivity contribution in [3.63, 3.8) is 0 Å². The molecule has 3 aromatic carbocycles. The van der Waals surface area contributed by atoms with Gasteiger partial charge in [-0.05, 0) is 46.2 Å². The fourth-order valence-electron chi connectivity index (χ4n) is 3.06. The second kappa shape index (κ2) is 7.63. The smallest absolute Gasteiger partial charge is 0.250 e. The summed E-state index contributed by atoms with van der Waals surface area (Å²) in [5, 5.41) is 13.5. The molecule has 0 radical (unpaired) electrons. The van der Waals surface area contributed by atoms with E-state index in [0.29, 0.717) is 22.6 Å². The van der Waals surface area contributed by atoms with Crippen LogP contribution >= 0.6 is 12.2 Å². The van der Waals surface area contributed by atoms with E-state index >= 15 is 0 Å². The van der Waals surface area contributed by atoms with Crippen molar-refractivity contribution in [1.82, 2.24) is 14.9 Å². The molecule has 4 rings (SSSR count). The third-order valence-corrected chi connectivity index (χ3v) is 4.77. The molecule has 0 amide bonds. The minimum Gasteiger partial charge on any atom is -0.250 e. The number of alkyl halides is 3. The van der Waals surface area contributed by atoms with E-state index in [1.807, 2.05) is 42.5 Å². The molecule has 8 heteroatoms. The molecule has 146 valence electrons. The van der Waals surface area contributed by atoms with Crippen molar-refractivity contribution in [2.75, 3.05) is 0 Å². The average molecular weight is 412 g/mol. The second-order valence-corrected chi connectivity index (χ2v) is 6.82. The third-order valence-electron chi connectivity index (χ3n) is 4.51. The Balaban J connectivity index is 1.62. The first-order valence-corrected chi connectivity index (χ1v) is 9.17. The Kier molecular flexibility index (Phi) is 5.02. The molecule has 4 aromatic rings. The SMILES string of the molecule is FC(F)(F)c1ccc(/C=N\n2c(Cc3cccc4ccccc34)n[nH]c2=S)cc1. The summed E-state index contributed by atoms with van der Waals surface area (Å²) in [6.45, 7) is 0. The van der Waals surface area contributed by atoms with Crippen LogP contribution in [-0.2, 0) is 12.6 Å². The predicted molar refractivity (Wildman–Crippen MR) is 109 cm³/mol. The van der Waals surface area contributed by atoms with E-state index in [1.165, 1.54) is 23.0 Å². The number of nitrogens with one attached hydrogen (secondary N) is 1. The number of rotatable bonds is 4. The fourth-order valence-corrected chi connectivity index (χ4v) is 3.26. The molecule has 0 unspecified atom stereocenters. The van der Waals surface area contributed by atoms with Gasteiger partial charge >= 0.3 is 6.18 Å². The molecule has 1 N–H and O–H groups in total. The van der Waals surface area contributed by atoms with Gasteiger partial charge in [0.05, 0.1) is 11.8 Å². The topological polar surface area (TPSA) is 46.0 Å². The van der Waals surface area contributed by atoms with Crippen molar-refractivity contribution in [3.8, 4) is 0 Å². The standard InChI is InChI=1S/C21H15F3N4S/c22-21(23,24)17-10-8-14(9-11-17)13-25-28-19(26-27-20(28)29)12-16-6-3-5-15-4-1-2-7-18(15)16/h1-11,13H,12H2,(H,27,29)/b25-13-. The number of aromatic nitrogens is 3. The molecule has 0 atom stereocenters. The first-order valence-electron chi connectivity index (χ1n) is 8.76. The van der Waals surface area contributed by atoms with Crippen LogP contribution in [0.4, 0.5) is 13.2 Å². The summed E-state index contributed by atoms with van der Waals surface area (Å²) in [7, 11) is 0. The Morgan fingerprint density at radius 3 is 2.48 bits per heavy atom. The molecule has 0 spiro atoms. The van der Waals surface area contributed by atoms with Crippen molar-refractivity contribution in [2.45, 2.75) is 12.6 Å². The zero-order chi connectivity index (χ0) is 20.4. The molecular formula is C21H15F3N4S. The highest BCUT2D eigenvalue weighted by Crippen LogP contribution is 2.29. The number of aromatic amines is 1. The molecule has 29 heavy (non-hydrogen) atoms. The fraction of sp³-hybridized carbons (Fsp3) is 0.0952. The maximum atomic E-state index is 12.7. The summed E-state index contributed by atoms with van der Waals surface area (Å²) in [4.78, 5) is 0. The van der Waals surface area contributed by atoms with Crippen LogP contribution in [0.15, 0.2) is 71.8 Å². The molecule has 0 aliphatic heterocycles. The molecule has 0 aliphatic rings. The summed E-state index contributed by atoms with van der Waals surface area (Å²) >= 11 is 5.25. The lowest BCUT2D eigenvalue weighted by molar-refractivity contribution is -0.137. The number of hydrogen-bond acceptors (Lipinski definition) is 3. The van der Waals surface area contributed by atoms with Crippen molar-refractivity contribution < 1.29 is 13.2 Å². The number of nitrogens with zero attached hydrogens (tertiary/aromatic N) is 3. The van der Waals surface area contributed by atoms with Gasteiger partial charge in [-0.3, -0.25) is 5.10 Å². The summed E-state index contributed by atoms with van der Waals surface area (Å²) in [5.74, 6) is 0.606. The van der Waals surface area contributed by atoms with E-state index in [0.717, 1.165) is 28.5 Å². The van der Waals surface area contributed by atoms with Gasteiger partial charge in [0.2, 0.25) is 4.77 Å². The summed E-state index contributed by atoms with van der Waals surface area (Å²) in [6, 6.07) is 18.8. The van der Waals surface area contributed by atoms with Crippen molar-refractivity contribution >= 4 is 29.2 Å². The maximum absolute atomic E-state index is 12.7. The van der Waals surface area contributed by atoms with Crippen molar-refractivity contribution in [2.24, 2.45) is 5.10 Å². The zero-order valence-corrected chi connectivity index (χ0v) is 15.8. The molecule has 0 aliphatic carbocycles. The number of H-pyrrole nitrogens is 1. The molecule has 0 fully saturated rings. The monoisotopic (exact) mass is 412 g/mol. The highest BCUT2D eigenvalue weighted by molar-refractivity contribution is 7.71. The Labute approximate surface area is 169 Å². The van der Waals surface area contributed by atoms with Gasteiger partial charge in [-0.1, -0.05) is 54.6 Å². The van der Waals surface area contributed by atoms with Crippen LogP contribution in [0.5, 0.6) is 0 Å². The predicted octanol–water partition coefficient (Wildman–Crippen LogP) is 5.59. The third kappa shape index (κ3) is 4.12. The molecule has 1 heterocycles. The van der Waals surface area contributed by atoms with E-state index in [9.17, 15) is 13.2 Å². The van der Waals surface area contributed by atoms with Gasteiger partial charge in [0.25, 0.3) is 0 Å². The van der Waals surface area contributed by atoms with Crippen LogP contribution in [0.25, 0.3) is 10.8 Å². The molecule has 0 bridgehead atoms. The number of benzene rings is 3. The average Bonchev–Trinajstić information content (AvgIpc) is 3.05. The molecule has 0 saturated carbocycles. The largest absolute Gasteiger partial charge is 0.416 e. The Morgan fingerprint density at radius 2 is 1.72 bits per heavy atom. The van der Waals surface area contributed by atoms with Crippen LogP contribution in [0, 0.1) is 4.77 Å². The van der Waals surface area contributed by atoms with Gasteiger partial charge in [0, 0.05) is 6.42 Å². The van der Waals surface area contributed by atoms with E-state index in [2.05, 4.69) is 15.3 Å². The first-order chi connectivity index (χ1) is 13.9. The van der Waals surface area contributed by atoms with Crippen LogP contribution in [0.1, 0.15) is 22.5 Å². The van der Waals surface area contributed by atoms with Gasteiger partial charge in [0.15, 0.2) is 5.82 Å². The number of fused-ring (bicyclic) bond motifs is 1. The van der Waals surface area contributed by atoms with E-state index in [1.54, 1.807) is 0 Å². The van der Waals surface area contributed by atoms with Gasteiger partial charge in [-0.2, -0.15) is 28.0 Å². The maximum Gasteiger partial charge on any atom is 0.416 e. The highest BCUT2D eigenvalue weighted by Gasteiger charge is 2.29. The van der Waals surface area contributed by atoms with E-state index < -0.39 is 11.7 Å². The summed E-state index contributed by atoms with van der Waals surface area (Å²) in [6.07, 6.45) is -2.41. The van der Waals surface area contributed by atoms with Crippen molar-refractivity contribution in [3.05, 3.63) is 94.0 Å². The summed E-state index contributed by atoms with van der Waals surface area (Å²) in [5.41, 5.74) is 0.895. The number of hydrogen-bond donors (Lipinski definition) is 1. The van der Waals surface area contributed by atoms with Crippen LogP contribution in [0.3, 0.4) is 0 Å². The van der Waals surface area contributed by atoms with Crippen LogP contribution in [0.2, 0.25) is 0 Å². The highest BCUT2D eigenvalue weighted by atomic mass is 32.1. The molecular weight excluding hydrogens is 397 g/mol. The molecule has 1 aromatic heterocycles. The normalized spacial score (nSPS) is 12.1. The van der Waals surface area contributed by atoms with Gasteiger partial charge in [-0.25, -0.2) is 0 Å². The summed E-state index contributed by atoms with van der Waals surface area (Å²) < 4.78 is 39.9. The number of halogens is 3. The van der Waals surface area contributed by atoms with E-state index in [-0.39, 0.29) is 0 Å². The zero-order valence-electron chi connectivity index (χ0n) is 15.0. The van der Waals surface area contributed by atoms with Crippen molar-refractivity contribution in [1.29, 1.82) is 0 Å². The Morgan fingerprint density at radius 1 is 1.00 bits per heavy atom. The quantitative estimate of drug-likeness (QED) is 0.351. The molecule has 4 nitrogen and oxygen atoms in total. The minimum atomic E-state index is -4.37. The van der Waals surface area contributed by atoms with Gasteiger partial charge in [-0.15, -0.1) is 0 Å². The van der Waals surface area contributed by atoms with Crippen LogP contribution < -0.4 is 0 Å². The Bertz CT molecular complexity index is 1230. The van der Waals surface area contributed by atoms with Crippen LogP contribution in [-0.4, -0.2) is 21.1 Å². The lowest BCUT2D eigenvalue weighted by atomic mass is 10.0. The lowest BCUT2D eigenvalue weighted by Gasteiger charge is -2.07. The first kappa shape index (κ1) is 19.1. The second-order valence-electron chi connectivity index (χ2n) is 6.44. The van der Waals surface area contributed by atoms with Gasteiger partial charge < -0.3 is 0 Å². The minimum absolute atomic E-state index is 0.309. The lowest BCUT2D eigenvalue weighted by Crippen LogP contribution is -2.04. The van der Waals surface area contributed by atoms with Gasteiger partial charge in [0.1, 0.15) is 0 Å². The molecule has 0 saturated heterocycles. The van der Waals surface area contributed by atoms with E-state index in [4.69, 9.17) is 12.2 Å².